The first kappa shape index (κ1) is 16.9. The van der Waals surface area contributed by atoms with Gasteiger partial charge in [0.05, 0.1) is 0 Å². The van der Waals surface area contributed by atoms with Gasteiger partial charge in [0.15, 0.2) is 6.29 Å². The van der Waals surface area contributed by atoms with E-state index in [9.17, 15) is 4.79 Å². The van der Waals surface area contributed by atoms with Gasteiger partial charge >= 0.3 is 0 Å². The molecule has 2 heterocycles. The van der Waals surface area contributed by atoms with Gasteiger partial charge in [0.1, 0.15) is 0 Å². The van der Waals surface area contributed by atoms with Gasteiger partial charge in [-0.25, -0.2) is 0 Å². The monoisotopic (exact) mass is 325 g/mol. The number of hydrogen-bond donors (Lipinski definition) is 0. The standard InChI is InChI=1S/C19H25N4O/c1-21-8-6-19(7-9-21)23-12-10-22(11-13-23)18-4-2-16(3-5-18)17(14-20)15-24/h2-5,15,19H,6-13H2,1H3/q-1. The van der Waals surface area contributed by atoms with Crippen LogP contribution in [0.25, 0.3) is 11.0 Å². The molecule has 5 nitrogen and oxygen atoms in total. The zero-order chi connectivity index (χ0) is 16.9. The Morgan fingerprint density at radius 2 is 1.71 bits per heavy atom. The summed E-state index contributed by atoms with van der Waals surface area (Å²) in [5.41, 5.74) is 2.06. The second-order valence-corrected chi connectivity index (χ2v) is 6.75. The van der Waals surface area contributed by atoms with Crippen molar-refractivity contribution in [3.05, 3.63) is 35.2 Å². The van der Waals surface area contributed by atoms with Crippen LogP contribution in [0, 0.1) is 0 Å². The van der Waals surface area contributed by atoms with Gasteiger partial charge in [0.2, 0.25) is 0 Å². The van der Waals surface area contributed by atoms with E-state index < -0.39 is 0 Å². The number of benzene rings is 1. The van der Waals surface area contributed by atoms with E-state index in [-0.39, 0.29) is 5.57 Å². The van der Waals surface area contributed by atoms with E-state index in [0.717, 1.165) is 32.2 Å². The van der Waals surface area contributed by atoms with Gasteiger partial charge in [0.25, 0.3) is 0 Å². The van der Waals surface area contributed by atoms with Crippen molar-refractivity contribution in [2.75, 3.05) is 51.2 Å². The molecule has 24 heavy (non-hydrogen) atoms. The van der Waals surface area contributed by atoms with Gasteiger partial charge in [-0.1, -0.05) is 12.1 Å². The molecule has 3 rings (SSSR count). The molecule has 0 amide bonds. The molecule has 0 aromatic heterocycles. The largest absolute Gasteiger partial charge is 0.763 e. The number of anilines is 1. The van der Waals surface area contributed by atoms with Crippen LogP contribution in [-0.2, 0) is 4.79 Å². The first-order chi connectivity index (χ1) is 11.7. The topological polar surface area (TPSA) is 49.1 Å². The molecule has 5 heteroatoms. The van der Waals surface area contributed by atoms with E-state index in [2.05, 4.69) is 21.7 Å². The Morgan fingerprint density at radius 3 is 2.25 bits per heavy atom. The minimum atomic E-state index is 0.189. The van der Waals surface area contributed by atoms with Crippen molar-refractivity contribution in [2.45, 2.75) is 18.9 Å². The Bertz CT molecular complexity index is 605. The summed E-state index contributed by atoms with van der Waals surface area (Å²) in [4.78, 5) is 18.3. The van der Waals surface area contributed by atoms with Crippen molar-refractivity contribution in [1.29, 1.82) is 0 Å². The Hall–Kier alpha value is -1.94. The molecule has 0 radical (unpaired) electrons. The summed E-state index contributed by atoms with van der Waals surface area (Å²) in [6.07, 6.45) is 3.18. The summed E-state index contributed by atoms with van der Waals surface area (Å²) in [5, 5.41) is 8.93. The number of piperazine rings is 1. The normalized spacial score (nSPS) is 20.6. The zero-order valence-corrected chi connectivity index (χ0v) is 14.3. The zero-order valence-electron chi connectivity index (χ0n) is 14.3. The van der Waals surface area contributed by atoms with Crippen LogP contribution in [0.15, 0.2) is 24.3 Å². The van der Waals surface area contributed by atoms with E-state index in [0.29, 0.717) is 11.8 Å². The van der Waals surface area contributed by atoms with Crippen molar-refractivity contribution in [1.82, 2.24) is 9.80 Å². The average Bonchev–Trinajstić information content (AvgIpc) is 2.64. The summed E-state index contributed by atoms with van der Waals surface area (Å²) < 4.78 is 0. The third kappa shape index (κ3) is 3.75. The van der Waals surface area contributed by atoms with E-state index >= 15 is 0 Å². The fraction of sp³-hybridized carbons (Fsp3) is 0.526. The highest BCUT2D eigenvalue weighted by molar-refractivity contribution is 6.19. The third-order valence-electron chi connectivity index (χ3n) is 5.30. The number of rotatable bonds is 4. The summed E-state index contributed by atoms with van der Waals surface area (Å²) in [6, 6.07) is 8.51. The molecule has 0 N–H and O–H groups in total. The molecule has 2 aliphatic heterocycles. The fourth-order valence-corrected chi connectivity index (χ4v) is 3.72. The van der Waals surface area contributed by atoms with Crippen LogP contribution >= 0.6 is 0 Å². The van der Waals surface area contributed by atoms with Gasteiger partial charge in [-0.05, 0) is 50.7 Å². The summed E-state index contributed by atoms with van der Waals surface area (Å²) >= 11 is 0. The second-order valence-electron chi connectivity index (χ2n) is 6.75. The lowest BCUT2D eigenvalue weighted by molar-refractivity contribution is -0.103. The number of hydrogen-bond acceptors (Lipinski definition) is 4. The Labute approximate surface area is 144 Å². The van der Waals surface area contributed by atoms with Crippen molar-refractivity contribution in [3.8, 4) is 0 Å². The second kappa shape index (κ2) is 7.75. The van der Waals surface area contributed by atoms with E-state index in [1.165, 1.54) is 31.6 Å². The molecule has 2 aliphatic rings. The van der Waals surface area contributed by atoms with Gasteiger partial charge in [0, 0.05) is 43.5 Å². The molecule has 0 atom stereocenters. The minimum Gasteiger partial charge on any atom is -0.763 e. The van der Waals surface area contributed by atoms with Crippen molar-refractivity contribution in [3.63, 3.8) is 0 Å². The summed E-state index contributed by atoms with van der Waals surface area (Å²) in [5.74, 6) is 1.94. The third-order valence-corrected chi connectivity index (χ3v) is 5.30. The fourth-order valence-electron chi connectivity index (χ4n) is 3.72. The van der Waals surface area contributed by atoms with Crippen LogP contribution in [0.3, 0.4) is 0 Å². The lowest BCUT2D eigenvalue weighted by Gasteiger charge is -2.42. The minimum absolute atomic E-state index is 0.189. The molecule has 0 unspecified atom stereocenters. The number of piperidine rings is 1. The predicted molar refractivity (Wildman–Crippen MR) is 98.6 cm³/mol. The number of nitrogens with zero attached hydrogens (tertiary/aromatic N) is 4. The molecular formula is C19H25N4O-. The van der Waals surface area contributed by atoms with Crippen LogP contribution in [0.2, 0.25) is 0 Å². The predicted octanol–water partition coefficient (Wildman–Crippen LogP) is 1.72. The number of allylic oxidation sites excluding steroid dienone is 1. The van der Waals surface area contributed by atoms with Crippen LogP contribution in [0.1, 0.15) is 18.4 Å². The van der Waals surface area contributed by atoms with Gasteiger partial charge in [-0.2, -0.15) is 0 Å². The molecule has 0 saturated carbocycles. The van der Waals surface area contributed by atoms with Gasteiger partial charge in [-0.3, -0.25) is 15.6 Å². The van der Waals surface area contributed by atoms with Gasteiger partial charge < -0.3 is 15.2 Å². The van der Waals surface area contributed by atoms with E-state index in [1.807, 2.05) is 30.1 Å². The van der Waals surface area contributed by atoms with Crippen LogP contribution in [0.5, 0.6) is 0 Å². The maximum atomic E-state index is 10.9. The quantitative estimate of drug-likeness (QED) is 0.480. The Kier molecular flexibility index (Phi) is 5.46. The average molecular weight is 325 g/mol. The highest BCUT2D eigenvalue weighted by atomic mass is 16.1. The summed E-state index contributed by atoms with van der Waals surface area (Å²) in [7, 11) is 2.21. The van der Waals surface area contributed by atoms with Gasteiger partial charge in [-0.15, -0.1) is 0 Å². The smallest absolute Gasteiger partial charge is 0.156 e. The Morgan fingerprint density at radius 1 is 1.08 bits per heavy atom. The number of carbonyl (C=O) groups is 1. The maximum absolute atomic E-state index is 10.9. The molecule has 1 aromatic rings. The molecule has 0 bridgehead atoms. The Balaban J connectivity index is 1.56. The highest BCUT2D eigenvalue weighted by Gasteiger charge is 2.26. The van der Waals surface area contributed by atoms with E-state index in [1.54, 1.807) is 0 Å². The lowest BCUT2D eigenvalue weighted by atomic mass is 10.0. The summed E-state index contributed by atoms with van der Waals surface area (Å²) in [6.45, 7) is 6.71. The van der Waals surface area contributed by atoms with Crippen LogP contribution in [0.4, 0.5) is 5.69 Å². The van der Waals surface area contributed by atoms with Crippen molar-refractivity contribution in [2.24, 2.45) is 0 Å². The van der Waals surface area contributed by atoms with E-state index in [4.69, 9.17) is 5.41 Å². The van der Waals surface area contributed by atoms with Crippen LogP contribution in [-0.4, -0.2) is 74.3 Å². The maximum Gasteiger partial charge on any atom is 0.156 e. The van der Waals surface area contributed by atoms with Crippen LogP contribution < -0.4 is 4.90 Å². The molecule has 1 aromatic carbocycles. The molecular weight excluding hydrogens is 300 g/mol. The SMILES string of the molecule is CN1CCC(N2CCN(c3ccc(C(=C=[N-])C=O)cc3)CC2)CC1. The number of likely N-dealkylation sites (tertiary alicyclic amines) is 1. The van der Waals surface area contributed by atoms with Crippen molar-refractivity contribution < 1.29 is 4.79 Å². The first-order valence-electron chi connectivity index (χ1n) is 8.71. The molecule has 2 saturated heterocycles. The molecule has 0 aliphatic carbocycles. The lowest BCUT2D eigenvalue weighted by Crippen LogP contribution is -2.53. The molecule has 0 spiro atoms. The highest BCUT2D eigenvalue weighted by Crippen LogP contribution is 2.22. The molecule has 128 valence electrons. The van der Waals surface area contributed by atoms with Crippen molar-refractivity contribution >= 4 is 23.4 Å². The first-order valence-corrected chi connectivity index (χ1v) is 8.71. The number of carbonyl (C=O) groups excluding carboxylic acids is 1. The molecule has 2 fully saturated rings. The number of aldehydes is 1.